The van der Waals surface area contributed by atoms with Gasteiger partial charge in [0.1, 0.15) is 0 Å². The third kappa shape index (κ3) is 9.76. The third-order valence-corrected chi connectivity index (χ3v) is 0. The first-order valence-corrected chi connectivity index (χ1v) is 0. The van der Waals surface area contributed by atoms with E-state index in [0.717, 1.165) is 0 Å². The van der Waals surface area contributed by atoms with Gasteiger partial charge in [-0.15, -0.1) is 0 Å². The minimum absolute atomic E-state index is 0. The van der Waals surface area contributed by atoms with E-state index < -0.39 is 0 Å². The van der Waals surface area contributed by atoms with Gasteiger partial charge in [-0.1, -0.05) is 0 Å². The molecule has 4 radical (unpaired) electrons. The molecular weight excluding hydrogens is 370 g/mol. The van der Waals surface area contributed by atoms with E-state index in [0.29, 0.717) is 0 Å². The quantitative estimate of drug-likeness (QED) is 0.492. The average molecular weight is 370 g/mol. The zero-order valence-corrected chi connectivity index (χ0v) is 14.4. The van der Waals surface area contributed by atoms with E-state index in [9.17, 15) is 0 Å². The van der Waals surface area contributed by atoms with Crippen LogP contribution < -0.4 is 0 Å². The van der Waals surface area contributed by atoms with Gasteiger partial charge >= 0.3 is 0 Å². The van der Waals surface area contributed by atoms with Gasteiger partial charge in [0.2, 0.25) is 0 Å². The molecule has 0 aromatic rings. The Morgan fingerprint density at radius 1 is 0.500 bits per heavy atom. The fraction of sp³-hybridized carbons (Fsp3) is 0. The summed E-state index contributed by atoms with van der Waals surface area (Å²) in [5.74, 6) is 0. The topological polar surface area (TPSA) is 0 Å². The smallest absolute Gasteiger partial charge is 0 e. The van der Waals surface area contributed by atoms with Crippen LogP contribution in [0.5, 0.6) is 0 Å². The van der Waals surface area contributed by atoms with Crippen molar-refractivity contribution in [1.82, 2.24) is 0 Å². The van der Waals surface area contributed by atoms with Crippen LogP contribution >= 0.6 is 0 Å². The molecule has 0 fully saturated rings. The van der Waals surface area contributed by atoms with E-state index in [1.54, 1.807) is 0 Å². The van der Waals surface area contributed by atoms with Crippen molar-refractivity contribution in [2.45, 2.75) is 0 Å². The Hall–Kier alpha value is 4.57. The molecule has 0 bridgehead atoms. The van der Waals surface area contributed by atoms with Crippen LogP contribution in [0, 0.1) is 0 Å². The predicted molar refractivity (Wildman–Crippen MR) is 11.5 cm³/mol. The molecule has 0 nitrogen and oxygen atoms in total. The zero-order valence-electron chi connectivity index (χ0n) is 2.41. The molecule has 0 amide bonds. The first-order chi connectivity index (χ1) is 0. The number of hydrogen-bond acceptors (Lipinski definition) is 0. The van der Waals surface area contributed by atoms with Crippen LogP contribution in [0.15, 0.2) is 0 Å². The molecule has 0 rings (SSSR count). The number of hydrogen-bond donors (Lipinski definition) is 0. The van der Waals surface area contributed by atoms with Crippen LogP contribution in [0.1, 0.15) is 0 Å². The van der Waals surface area contributed by atoms with Gasteiger partial charge in [-0.2, -0.15) is 0 Å². The van der Waals surface area contributed by atoms with Gasteiger partial charge in [0.15, 0.2) is 0 Å². The molecule has 0 unspecified atom stereocenters. The molecule has 0 heterocycles. The Labute approximate surface area is 137 Å². The van der Waals surface area contributed by atoms with Gasteiger partial charge in [-0.25, -0.2) is 0 Å². The molecule has 4 heteroatoms. The number of rotatable bonds is 0. The normalized spacial score (nSPS) is 0. The maximum absolute atomic E-state index is 0. The summed E-state index contributed by atoms with van der Waals surface area (Å²) in [6.45, 7) is 0. The monoisotopic (exact) mass is 372 g/mol. The van der Waals surface area contributed by atoms with Crippen LogP contribution in [-0.4, -0.2) is 97.8 Å². The molecule has 0 aliphatic rings. The summed E-state index contributed by atoms with van der Waals surface area (Å²) in [7, 11) is 0. The Morgan fingerprint density at radius 2 is 0.500 bits per heavy atom. The van der Waals surface area contributed by atoms with E-state index in [2.05, 4.69) is 0 Å². The van der Waals surface area contributed by atoms with Crippen molar-refractivity contribution in [2.75, 3.05) is 0 Å². The summed E-state index contributed by atoms with van der Waals surface area (Å²) >= 11 is 0. The van der Waals surface area contributed by atoms with Gasteiger partial charge in [0.25, 0.3) is 0 Å². The van der Waals surface area contributed by atoms with E-state index in [1.165, 1.54) is 0 Å². The molecule has 0 atom stereocenters. The van der Waals surface area contributed by atoms with E-state index in [-0.39, 0.29) is 141 Å². The summed E-state index contributed by atoms with van der Waals surface area (Å²) in [5.41, 5.74) is 0. The largest absolute Gasteiger partial charge is 0 e. The first kappa shape index (κ1) is 23.5. The molecule has 0 aliphatic heterocycles. The predicted octanol–water partition coefficient (Wildman–Crippen LogP) is -0.767. The van der Waals surface area contributed by atoms with Gasteiger partial charge in [0.05, 0.1) is 0 Å². The van der Waals surface area contributed by atoms with Gasteiger partial charge in [0, 0.05) is 141 Å². The van der Waals surface area contributed by atoms with Gasteiger partial charge < -0.3 is 0 Å². The van der Waals surface area contributed by atoms with Crippen molar-refractivity contribution in [3.63, 3.8) is 0 Å². The average Bonchev–Trinajstić information content (AvgIpc) is 0. The SMILES string of the molecule is [Ba].[Ba].[Ti].[Ti]. The summed E-state index contributed by atoms with van der Waals surface area (Å²) in [5, 5.41) is 0. The Balaban J connectivity index is 0. The van der Waals surface area contributed by atoms with E-state index in [4.69, 9.17) is 0 Å². The minimum Gasteiger partial charge on any atom is 0 e. The summed E-state index contributed by atoms with van der Waals surface area (Å²) in [6, 6.07) is 0. The molecular formula is Ba2Ti2. The van der Waals surface area contributed by atoms with Crippen molar-refractivity contribution in [3.05, 3.63) is 0 Å². The standard InChI is InChI=1S/2Ba.2Ti. The summed E-state index contributed by atoms with van der Waals surface area (Å²) in [4.78, 5) is 0. The van der Waals surface area contributed by atoms with Crippen LogP contribution in [0.2, 0.25) is 0 Å². The molecule has 0 saturated heterocycles. The minimum atomic E-state index is 0. The second kappa shape index (κ2) is 15.6. The maximum atomic E-state index is 0. The van der Waals surface area contributed by atoms with Crippen LogP contribution in [0.3, 0.4) is 0 Å². The van der Waals surface area contributed by atoms with Crippen LogP contribution in [0.25, 0.3) is 0 Å². The van der Waals surface area contributed by atoms with Crippen molar-refractivity contribution in [1.29, 1.82) is 0 Å². The van der Waals surface area contributed by atoms with Crippen molar-refractivity contribution < 1.29 is 43.4 Å². The Kier molecular flexibility index (Phi) is 92.0. The molecule has 0 aliphatic carbocycles. The molecule has 4 heavy (non-hydrogen) atoms. The molecule has 0 N–H and O–H groups in total. The third-order valence-electron chi connectivity index (χ3n) is 0. The van der Waals surface area contributed by atoms with Gasteiger partial charge in [-0.3, -0.25) is 0 Å². The molecule has 0 saturated carbocycles. The molecule has 0 spiro atoms. The van der Waals surface area contributed by atoms with E-state index in [1.807, 2.05) is 0 Å². The van der Waals surface area contributed by atoms with Crippen molar-refractivity contribution >= 4 is 97.8 Å². The van der Waals surface area contributed by atoms with Crippen LogP contribution in [0.4, 0.5) is 0 Å². The maximum Gasteiger partial charge on any atom is 0 e. The van der Waals surface area contributed by atoms with Crippen molar-refractivity contribution in [3.8, 4) is 0 Å². The fourth-order valence-electron chi connectivity index (χ4n) is 0. The molecule has 0 aromatic heterocycles. The fourth-order valence-corrected chi connectivity index (χ4v) is 0. The van der Waals surface area contributed by atoms with Crippen LogP contribution in [-0.2, 0) is 43.4 Å². The Bertz CT molecular complexity index is 4.00. The first-order valence-electron chi connectivity index (χ1n) is 0. The second-order valence-corrected chi connectivity index (χ2v) is 0. The summed E-state index contributed by atoms with van der Waals surface area (Å²) in [6.07, 6.45) is 0. The summed E-state index contributed by atoms with van der Waals surface area (Å²) < 4.78 is 0. The second-order valence-electron chi connectivity index (χ2n) is 0. The van der Waals surface area contributed by atoms with Gasteiger partial charge in [-0.05, 0) is 0 Å². The van der Waals surface area contributed by atoms with Crippen molar-refractivity contribution in [2.24, 2.45) is 0 Å². The molecule has 0 aromatic carbocycles. The Morgan fingerprint density at radius 3 is 0.500 bits per heavy atom. The zero-order chi connectivity index (χ0) is 0. The molecule has 12 valence electrons. The van der Waals surface area contributed by atoms with E-state index >= 15 is 0 Å².